The lowest BCUT2D eigenvalue weighted by Gasteiger charge is -2.23. The van der Waals surface area contributed by atoms with E-state index in [1.54, 1.807) is 0 Å². The highest BCUT2D eigenvalue weighted by Gasteiger charge is 2.29. The first-order valence-corrected chi connectivity index (χ1v) is 6.91. The minimum Gasteiger partial charge on any atom is -0.315 e. The van der Waals surface area contributed by atoms with Crippen molar-refractivity contribution < 1.29 is 13.2 Å². The Bertz CT molecular complexity index is 195. The van der Waals surface area contributed by atoms with E-state index in [-0.39, 0.29) is 0 Å². The minimum absolute atomic E-state index is 0.456. The van der Waals surface area contributed by atoms with E-state index in [9.17, 15) is 13.2 Å². The third-order valence-electron chi connectivity index (χ3n) is 2.86. The van der Waals surface area contributed by atoms with Crippen LogP contribution < -0.4 is 5.32 Å². The molecule has 18 heavy (non-hydrogen) atoms. The number of hydrogen-bond donors (Lipinski definition) is 1. The maximum absolute atomic E-state index is 12.3. The summed E-state index contributed by atoms with van der Waals surface area (Å²) in [6.07, 6.45) is -0.464. The molecule has 0 rings (SSSR count). The Morgan fingerprint density at radius 2 is 1.78 bits per heavy atom. The predicted octanol–water partition coefficient (Wildman–Crippen LogP) is 3.43. The second kappa shape index (κ2) is 9.62. The van der Waals surface area contributed by atoms with Crippen molar-refractivity contribution >= 4 is 0 Å². The lowest BCUT2D eigenvalue weighted by Crippen LogP contribution is -2.35. The van der Waals surface area contributed by atoms with Crippen LogP contribution in [0, 0.1) is 0 Å². The molecule has 0 aliphatic rings. The summed E-state index contributed by atoms with van der Waals surface area (Å²) >= 11 is 0. The van der Waals surface area contributed by atoms with E-state index in [0.29, 0.717) is 19.1 Å². The summed E-state index contributed by atoms with van der Waals surface area (Å²) in [5.74, 6) is 0. The van der Waals surface area contributed by atoms with Gasteiger partial charge in [-0.2, -0.15) is 13.2 Å². The highest BCUT2D eigenvalue weighted by Crippen LogP contribution is 2.17. The van der Waals surface area contributed by atoms with Crippen molar-refractivity contribution in [3.63, 3.8) is 0 Å². The zero-order valence-electron chi connectivity index (χ0n) is 11.8. The highest BCUT2D eigenvalue weighted by molar-refractivity contribution is 4.65. The van der Waals surface area contributed by atoms with Crippen LogP contribution in [-0.4, -0.2) is 43.3 Å². The molecule has 0 bridgehead atoms. The molecule has 0 aromatic carbocycles. The first-order chi connectivity index (χ1) is 8.39. The molecule has 0 aliphatic carbocycles. The van der Waals surface area contributed by atoms with Gasteiger partial charge in [0, 0.05) is 6.04 Å². The molecule has 0 amide bonds. The van der Waals surface area contributed by atoms with E-state index in [2.05, 4.69) is 19.2 Å². The third kappa shape index (κ3) is 10.8. The lowest BCUT2D eigenvalue weighted by molar-refractivity contribution is -0.146. The normalized spacial score (nSPS) is 14.2. The molecule has 110 valence electrons. The topological polar surface area (TPSA) is 15.3 Å². The number of unbranched alkanes of at least 4 members (excludes halogenated alkanes) is 1. The van der Waals surface area contributed by atoms with E-state index < -0.39 is 12.7 Å². The van der Waals surface area contributed by atoms with Crippen LogP contribution in [0.4, 0.5) is 13.2 Å². The van der Waals surface area contributed by atoms with Crippen LogP contribution in [0.2, 0.25) is 0 Å². The second-order valence-corrected chi connectivity index (χ2v) is 4.85. The molecule has 0 fully saturated rings. The largest absolute Gasteiger partial charge is 0.401 e. The Morgan fingerprint density at radius 3 is 2.28 bits per heavy atom. The fourth-order valence-electron chi connectivity index (χ4n) is 2.08. The Balaban J connectivity index is 3.76. The van der Waals surface area contributed by atoms with Gasteiger partial charge in [-0.3, -0.25) is 4.90 Å². The molecule has 1 atom stereocenters. The molecule has 0 aromatic heterocycles. The number of hydrogen-bond acceptors (Lipinski definition) is 2. The Hall–Kier alpha value is -0.290. The quantitative estimate of drug-likeness (QED) is 0.611. The number of alkyl halides is 3. The summed E-state index contributed by atoms with van der Waals surface area (Å²) in [6, 6.07) is 0.456. The van der Waals surface area contributed by atoms with Gasteiger partial charge in [0.05, 0.1) is 6.54 Å². The zero-order chi connectivity index (χ0) is 14.0. The summed E-state index contributed by atoms with van der Waals surface area (Å²) in [4.78, 5) is 1.51. The minimum atomic E-state index is -4.08. The summed E-state index contributed by atoms with van der Waals surface area (Å²) in [5, 5.41) is 3.30. The molecule has 0 saturated heterocycles. The molecule has 0 aromatic rings. The monoisotopic (exact) mass is 268 g/mol. The standard InChI is InChI=1S/C13H27F3N2/c1-4-9-18(11-13(14,15)16)10-7-6-8-12(3)17-5-2/h12,17H,4-11H2,1-3H3. The second-order valence-electron chi connectivity index (χ2n) is 4.85. The molecule has 0 heterocycles. The van der Waals surface area contributed by atoms with E-state index in [1.165, 1.54) is 4.90 Å². The Labute approximate surface area is 109 Å². The van der Waals surface area contributed by atoms with Gasteiger partial charge in [0.25, 0.3) is 0 Å². The van der Waals surface area contributed by atoms with E-state index in [1.807, 2.05) is 6.92 Å². The van der Waals surface area contributed by atoms with Gasteiger partial charge in [0.15, 0.2) is 0 Å². The van der Waals surface area contributed by atoms with E-state index >= 15 is 0 Å². The number of nitrogens with zero attached hydrogens (tertiary/aromatic N) is 1. The number of halogens is 3. The van der Waals surface area contributed by atoms with Crippen molar-refractivity contribution in [2.45, 2.75) is 58.7 Å². The van der Waals surface area contributed by atoms with Crippen LogP contribution in [0.15, 0.2) is 0 Å². The van der Waals surface area contributed by atoms with Crippen molar-refractivity contribution in [1.29, 1.82) is 0 Å². The molecule has 2 nitrogen and oxygen atoms in total. The van der Waals surface area contributed by atoms with Gasteiger partial charge >= 0.3 is 6.18 Å². The average Bonchev–Trinajstić information content (AvgIpc) is 2.23. The molecular formula is C13H27F3N2. The van der Waals surface area contributed by atoms with Crippen molar-refractivity contribution in [1.82, 2.24) is 10.2 Å². The van der Waals surface area contributed by atoms with Gasteiger partial charge in [-0.25, -0.2) is 0 Å². The van der Waals surface area contributed by atoms with E-state index in [0.717, 1.165) is 32.2 Å². The maximum Gasteiger partial charge on any atom is 0.401 e. The van der Waals surface area contributed by atoms with Gasteiger partial charge in [0.1, 0.15) is 0 Å². The SMILES string of the molecule is CCCN(CCCCC(C)NCC)CC(F)(F)F. The van der Waals surface area contributed by atoms with Crippen LogP contribution in [0.1, 0.15) is 46.5 Å². The molecule has 5 heteroatoms. The molecular weight excluding hydrogens is 241 g/mol. The molecule has 0 spiro atoms. The Kier molecular flexibility index (Phi) is 9.46. The Morgan fingerprint density at radius 1 is 1.11 bits per heavy atom. The summed E-state index contributed by atoms with van der Waals surface area (Å²) < 4.78 is 36.9. The molecule has 0 radical (unpaired) electrons. The van der Waals surface area contributed by atoms with Crippen LogP contribution in [0.3, 0.4) is 0 Å². The average molecular weight is 268 g/mol. The van der Waals surface area contributed by atoms with Crippen molar-refractivity contribution in [2.75, 3.05) is 26.2 Å². The first-order valence-electron chi connectivity index (χ1n) is 6.91. The summed E-state index contributed by atoms with van der Waals surface area (Å²) in [7, 11) is 0. The lowest BCUT2D eigenvalue weighted by atomic mass is 10.1. The molecule has 1 N–H and O–H groups in total. The van der Waals surface area contributed by atoms with Gasteiger partial charge in [-0.1, -0.05) is 20.3 Å². The summed E-state index contributed by atoms with van der Waals surface area (Å²) in [5.41, 5.74) is 0. The van der Waals surface area contributed by atoms with Crippen LogP contribution in [0.25, 0.3) is 0 Å². The van der Waals surface area contributed by atoms with Gasteiger partial charge < -0.3 is 5.32 Å². The van der Waals surface area contributed by atoms with Crippen molar-refractivity contribution in [2.24, 2.45) is 0 Å². The van der Waals surface area contributed by atoms with Crippen molar-refractivity contribution in [3.05, 3.63) is 0 Å². The van der Waals surface area contributed by atoms with Crippen molar-refractivity contribution in [3.8, 4) is 0 Å². The smallest absolute Gasteiger partial charge is 0.315 e. The fourth-order valence-corrected chi connectivity index (χ4v) is 2.08. The van der Waals surface area contributed by atoms with Crippen LogP contribution >= 0.6 is 0 Å². The highest BCUT2D eigenvalue weighted by atomic mass is 19.4. The molecule has 0 aliphatic heterocycles. The van der Waals surface area contributed by atoms with Gasteiger partial charge in [0.2, 0.25) is 0 Å². The van der Waals surface area contributed by atoms with Gasteiger partial charge in [-0.15, -0.1) is 0 Å². The number of rotatable bonds is 10. The fraction of sp³-hybridized carbons (Fsp3) is 1.00. The van der Waals surface area contributed by atoms with E-state index in [4.69, 9.17) is 0 Å². The maximum atomic E-state index is 12.3. The van der Waals surface area contributed by atoms with Gasteiger partial charge in [-0.05, 0) is 45.8 Å². The van der Waals surface area contributed by atoms with Crippen LogP contribution in [-0.2, 0) is 0 Å². The number of nitrogens with one attached hydrogen (secondary N) is 1. The zero-order valence-corrected chi connectivity index (χ0v) is 11.8. The van der Waals surface area contributed by atoms with Crippen LogP contribution in [0.5, 0.6) is 0 Å². The predicted molar refractivity (Wildman–Crippen MR) is 69.8 cm³/mol. The third-order valence-corrected chi connectivity index (χ3v) is 2.86. The first kappa shape index (κ1) is 17.7. The molecule has 0 saturated carbocycles. The molecule has 1 unspecified atom stereocenters. The summed E-state index contributed by atoms with van der Waals surface area (Å²) in [6.45, 7) is 7.33.